The first-order valence-electron chi connectivity index (χ1n) is 8.52. The largest absolute Gasteiger partial charge is 0.441 e. The van der Waals surface area contributed by atoms with E-state index in [1.54, 1.807) is 18.2 Å². The lowest BCUT2D eigenvalue weighted by molar-refractivity contribution is -0.119. The number of nitrogens with zero attached hydrogens (tertiary/aromatic N) is 1. The molecule has 4 heteroatoms. The molecular formula is C19H25NO3. The maximum absolute atomic E-state index is 11.8. The van der Waals surface area contributed by atoms with E-state index >= 15 is 0 Å². The molecule has 0 aliphatic heterocycles. The molecule has 0 unspecified atom stereocenters. The van der Waals surface area contributed by atoms with Crippen LogP contribution in [0.2, 0.25) is 0 Å². The SMILES string of the molecule is CCCCCCC(=O)CCCc1nc2cc(C(C)=O)ccc2o1. The first-order chi connectivity index (χ1) is 11.1. The minimum absolute atomic E-state index is 0.0186. The number of hydrogen-bond acceptors (Lipinski definition) is 4. The highest BCUT2D eigenvalue weighted by Gasteiger charge is 2.09. The summed E-state index contributed by atoms with van der Waals surface area (Å²) in [6.45, 7) is 3.70. The summed E-state index contributed by atoms with van der Waals surface area (Å²) in [6.07, 6.45) is 7.24. The van der Waals surface area contributed by atoms with E-state index in [4.69, 9.17) is 4.42 Å². The molecule has 0 amide bonds. The van der Waals surface area contributed by atoms with Gasteiger partial charge in [-0.15, -0.1) is 0 Å². The Morgan fingerprint density at radius 2 is 1.87 bits per heavy atom. The highest BCUT2D eigenvalue weighted by molar-refractivity contribution is 5.96. The molecule has 4 nitrogen and oxygen atoms in total. The van der Waals surface area contributed by atoms with Crippen LogP contribution in [0, 0.1) is 0 Å². The number of aromatic nitrogens is 1. The lowest BCUT2D eigenvalue weighted by atomic mass is 10.1. The van der Waals surface area contributed by atoms with Crippen molar-refractivity contribution >= 4 is 22.7 Å². The van der Waals surface area contributed by atoms with Gasteiger partial charge < -0.3 is 4.42 Å². The maximum atomic E-state index is 11.8. The average molecular weight is 315 g/mol. The van der Waals surface area contributed by atoms with E-state index < -0.39 is 0 Å². The van der Waals surface area contributed by atoms with Crippen molar-refractivity contribution in [3.05, 3.63) is 29.7 Å². The van der Waals surface area contributed by atoms with Gasteiger partial charge in [0.1, 0.15) is 11.3 Å². The summed E-state index contributed by atoms with van der Waals surface area (Å²) in [4.78, 5) is 27.6. The number of fused-ring (bicyclic) bond motifs is 1. The molecule has 124 valence electrons. The molecule has 0 bridgehead atoms. The molecular weight excluding hydrogens is 290 g/mol. The third-order valence-corrected chi connectivity index (χ3v) is 3.99. The summed E-state index contributed by atoms with van der Waals surface area (Å²) in [5.74, 6) is 0.987. The number of carbonyl (C=O) groups excluding carboxylic acids is 2. The maximum Gasteiger partial charge on any atom is 0.195 e. The summed E-state index contributed by atoms with van der Waals surface area (Å²) in [5, 5.41) is 0. The van der Waals surface area contributed by atoms with Crippen molar-refractivity contribution in [1.29, 1.82) is 0 Å². The van der Waals surface area contributed by atoms with Crippen LogP contribution in [-0.4, -0.2) is 16.6 Å². The van der Waals surface area contributed by atoms with Gasteiger partial charge in [-0.05, 0) is 38.0 Å². The Labute approximate surface area is 137 Å². The Hall–Kier alpha value is -1.97. The van der Waals surface area contributed by atoms with E-state index in [9.17, 15) is 9.59 Å². The van der Waals surface area contributed by atoms with E-state index in [1.807, 2.05) is 0 Å². The van der Waals surface area contributed by atoms with E-state index in [0.717, 1.165) is 19.3 Å². The van der Waals surface area contributed by atoms with Crippen LogP contribution < -0.4 is 0 Å². The number of aryl methyl sites for hydroxylation is 1. The summed E-state index contributed by atoms with van der Waals surface area (Å²) in [6, 6.07) is 5.28. The van der Waals surface area contributed by atoms with Gasteiger partial charge in [-0.2, -0.15) is 0 Å². The zero-order valence-electron chi connectivity index (χ0n) is 14.1. The van der Waals surface area contributed by atoms with Gasteiger partial charge in [0, 0.05) is 24.8 Å². The second-order valence-corrected chi connectivity index (χ2v) is 6.05. The fourth-order valence-corrected chi connectivity index (χ4v) is 2.61. The van der Waals surface area contributed by atoms with Crippen LogP contribution in [0.4, 0.5) is 0 Å². The van der Waals surface area contributed by atoms with Gasteiger partial charge in [-0.3, -0.25) is 9.59 Å². The second kappa shape index (κ2) is 8.61. The lowest BCUT2D eigenvalue weighted by Gasteiger charge is -1.99. The number of hydrogen-bond donors (Lipinski definition) is 0. The number of unbranched alkanes of at least 4 members (excludes halogenated alkanes) is 3. The number of benzene rings is 1. The third kappa shape index (κ3) is 5.31. The first-order valence-corrected chi connectivity index (χ1v) is 8.52. The smallest absolute Gasteiger partial charge is 0.195 e. The van der Waals surface area contributed by atoms with Crippen LogP contribution in [0.3, 0.4) is 0 Å². The van der Waals surface area contributed by atoms with Gasteiger partial charge in [0.05, 0.1) is 0 Å². The van der Waals surface area contributed by atoms with Gasteiger partial charge in [0.2, 0.25) is 0 Å². The highest BCUT2D eigenvalue weighted by Crippen LogP contribution is 2.19. The molecule has 1 aromatic heterocycles. The van der Waals surface area contributed by atoms with Crippen molar-refractivity contribution in [1.82, 2.24) is 4.98 Å². The standard InChI is InChI=1S/C19H25NO3/c1-3-4-5-6-8-16(22)9-7-10-19-20-17-13-15(14(2)21)11-12-18(17)23-19/h11-13H,3-10H2,1-2H3. The van der Waals surface area contributed by atoms with Gasteiger partial charge in [0.15, 0.2) is 17.3 Å². The van der Waals surface area contributed by atoms with Crippen molar-refractivity contribution in [2.24, 2.45) is 0 Å². The number of ketones is 2. The summed E-state index contributed by atoms with van der Waals surface area (Å²) < 4.78 is 5.66. The van der Waals surface area contributed by atoms with Gasteiger partial charge in [-0.1, -0.05) is 26.2 Å². The van der Waals surface area contributed by atoms with E-state index in [1.165, 1.54) is 19.8 Å². The second-order valence-electron chi connectivity index (χ2n) is 6.05. The molecule has 1 heterocycles. The Morgan fingerprint density at radius 3 is 2.61 bits per heavy atom. The minimum Gasteiger partial charge on any atom is -0.441 e. The molecule has 2 aromatic rings. The van der Waals surface area contributed by atoms with Crippen molar-refractivity contribution in [2.75, 3.05) is 0 Å². The van der Waals surface area contributed by atoms with Crippen molar-refractivity contribution in [2.45, 2.75) is 65.2 Å². The molecule has 0 aliphatic rings. The van der Waals surface area contributed by atoms with Crippen LogP contribution >= 0.6 is 0 Å². The van der Waals surface area contributed by atoms with Crippen LogP contribution in [-0.2, 0) is 11.2 Å². The van der Waals surface area contributed by atoms with E-state index in [-0.39, 0.29) is 5.78 Å². The number of Topliss-reactive ketones (excluding diaryl/α,β-unsaturated/α-hetero) is 2. The number of carbonyl (C=O) groups is 2. The molecule has 0 fully saturated rings. The van der Waals surface area contributed by atoms with Crippen LogP contribution in [0.1, 0.15) is 75.0 Å². The predicted octanol–water partition coefficient (Wildman–Crippen LogP) is 4.89. The Balaban J connectivity index is 1.80. The Bertz CT molecular complexity index is 672. The molecule has 0 saturated heterocycles. The topological polar surface area (TPSA) is 60.2 Å². The van der Waals surface area contributed by atoms with Crippen molar-refractivity contribution in [3.8, 4) is 0 Å². The molecule has 0 saturated carbocycles. The Morgan fingerprint density at radius 1 is 1.09 bits per heavy atom. The molecule has 1 aromatic carbocycles. The zero-order valence-corrected chi connectivity index (χ0v) is 14.1. The minimum atomic E-state index is 0.0186. The zero-order chi connectivity index (χ0) is 16.7. The highest BCUT2D eigenvalue weighted by atomic mass is 16.3. The van der Waals surface area contributed by atoms with Crippen LogP contribution in [0.5, 0.6) is 0 Å². The molecule has 0 N–H and O–H groups in total. The molecule has 0 radical (unpaired) electrons. The summed E-state index contributed by atoms with van der Waals surface area (Å²) in [5.41, 5.74) is 2.04. The number of oxazole rings is 1. The van der Waals surface area contributed by atoms with Crippen molar-refractivity contribution in [3.63, 3.8) is 0 Å². The van der Waals surface area contributed by atoms with Crippen LogP contribution in [0.15, 0.2) is 22.6 Å². The molecule has 23 heavy (non-hydrogen) atoms. The molecule has 0 aliphatic carbocycles. The van der Waals surface area contributed by atoms with Crippen LogP contribution in [0.25, 0.3) is 11.1 Å². The van der Waals surface area contributed by atoms with E-state index in [0.29, 0.717) is 47.6 Å². The summed E-state index contributed by atoms with van der Waals surface area (Å²) >= 11 is 0. The van der Waals surface area contributed by atoms with Gasteiger partial charge >= 0.3 is 0 Å². The third-order valence-electron chi connectivity index (χ3n) is 3.99. The number of rotatable bonds is 10. The fraction of sp³-hybridized carbons (Fsp3) is 0.526. The Kier molecular flexibility index (Phi) is 6.51. The monoisotopic (exact) mass is 315 g/mol. The lowest BCUT2D eigenvalue weighted by Crippen LogP contribution is -1.99. The molecule has 0 atom stereocenters. The van der Waals surface area contributed by atoms with E-state index in [2.05, 4.69) is 11.9 Å². The summed E-state index contributed by atoms with van der Waals surface area (Å²) in [7, 11) is 0. The average Bonchev–Trinajstić information content (AvgIpc) is 2.93. The first kappa shape index (κ1) is 17.4. The molecule has 2 rings (SSSR count). The van der Waals surface area contributed by atoms with Gasteiger partial charge in [0.25, 0.3) is 0 Å². The quantitative estimate of drug-likeness (QED) is 0.462. The van der Waals surface area contributed by atoms with Crippen molar-refractivity contribution < 1.29 is 14.0 Å². The molecule has 0 spiro atoms. The van der Waals surface area contributed by atoms with Gasteiger partial charge in [-0.25, -0.2) is 4.98 Å². The normalized spacial score (nSPS) is 11.0. The fourth-order valence-electron chi connectivity index (χ4n) is 2.61. The predicted molar refractivity (Wildman–Crippen MR) is 90.7 cm³/mol.